The van der Waals surface area contributed by atoms with Crippen molar-refractivity contribution in [2.75, 3.05) is 0 Å². The molecule has 1 saturated carbocycles. The van der Waals surface area contributed by atoms with E-state index in [1.54, 1.807) is 6.33 Å². The van der Waals surface area contributed by atoms with Crippen molar-refractivity contribution in [3.05, 3.63) is 17.7 Å². The molecule has 0 spiro atoms. The predicted molar refractivity (Wildman–Crippen MR) is 70.8 cm³/mol. The zero-order chi connectivity index (χ0) is 14.3. The lowest BCUT2D eigenvalue weighted by molar-refractivity contribution is -0.156. The highest BCUT2D eigenvalue weighted by molar-refractivity contribution is 5.88. The van der Waals surface area contributed by atoms with Crippen LogP contribution in [0.4, 0.5) is 0 Å². The van der Waals surface area contributed by atoms with Crippen LogP contribution in [0.2, 0.25) is 0 Å². The van der Waals surface area contributed by atoms with E-state index in [-0.39, 0.29) is 12.3 Å². The summed E-state index contributed by atoms with van der Waals surface area (Å²) in [6.07, 6.45) is 5.64. The van der Waals surface area contributed by atoms with Gasteiger partial charge in [-0.1, -0.05) is 19.8 Å². The molecule has 2 aliphatic rings. The van der Waals surface area contributed by atoms with Crippen molar-refractivity contribution in [3.63, 3.8) is 0 Å². The molecule has 1 aromatic rings. The number of carbonyl (C=O) groups is 2. The van der Waals surface area contributed by atoms with Gasteiger partial charge in [-0.15, -0.1) is 0 Å². The summed E-state index contributed by atoms with van der Waals surface area (Å²) in [6, 6.07) is -0.796. The van der Waals surface area contributed by atoms with Crippen molar-refractivity contribution >= 4 is 11.9 Å². The Kier molecular flexibility index (Phi) is 3.03. The van der Waals surface area contributed by atoms with E-state index in [0.29, 0.717) is 6.54 Å². The minimum absolute atomic E-state index is 0.0253. The minimum atomic E-state index is -0.950. The molecule has 1 aliphatic heterocycles. The number of aromatic nitrogens is 2. The molecule has 0 aromatic carbocycles. The van der Waals surface area contributed by atoms with E-state index in [4.69, 9.17) is 0 Å². The van der Waals surface area contributed by atoms with Crippen molar-refractivity contribution in [2.24, 2.45) is 5.41 Å². The Bertz CT molecular complexity index is 546. The van der Waals surface area contributed by atoms with Crippen molar-refractivity contribution in [2.45, 2.75) is 51.6 Å². The first-order valence-electron chi connectivity index (χ1n) is 7.06. The number of fused-ring (bicyclic) bond motifs is 1. The highest BCUT2D eigenvalue weighted by atomic mass is 16.4. The second-order valence-electron chi connectivity index (χ2n) is 6.09. The van der Waals surface area contributed by atoms with Gasteiger partial charge in [-0.3, -0.25) is 4.79 Å². The second kappa shape index (κ2) is 4.61. The number of hydrogen-bond acceptors (Lipinski definition) is 3. The lowest BCUT2D eigenvalue weighted by atomic mass is 9.85. The number of carboxylic acids is 1. The number of carbonyl (C=O) groups excluding carboxylic acids is 1. The number of imidazole rings is 1. The van der Waals surface area contributed by atoms with Crippen LogP contribution in [0.25, 0.3) is 0 Å². The van der Waals surface area contributed by atoms with Gasteiger partial charge in [0, 0.05) is 11.8 Å². The van der Waals surface area contributed by atoms with E-state index in [9.17, 15) is 14.7 Å². The van der Waals surface area contributed by atoms with E-state index in [1.807, 2.05) is 6.92 Å². The molecule has 6 nitrogen and oxygen atoms in total. The van der Waals surface area contributed by atoms with Gasteiger partial charge < -0.3 is 15.0 Å². The Hall–Kier alpha value is -1.85. The summed E-state index contributed by atoms with van der Waals surface area (Å²) in [4.78, 5) is 33.0. The van der Waals surface area contributed by atoms with E-state index >= 15 is 0 Å². The molecule has 0 radical (unpaired) electrons. The molecule has 6 heteroatoms. The molecule has 1 amide bonds. The first-order valence-corrected chi connectivity index (χ1v) is 7.06. The molecular formula is C14H19N3O3. The summed E-state index contributed by atoms with van der Waals surface area (Å²) in [5, 5.41) is 9.42. The van der Waals surface area contributed by atoms with Crippen LogP contribution in [-0.4, -0.2) is 37.9 Å². The van der Waals surface area contributed by atoms with Crippen molar-refractivity contribution in [3.8, 4) is 0 Å². The van der Waals surface area contributed by atoms with E-state index in [0.717, 1.165) is 37.1 Å². The first kappa shape index (κ1) is 13.1. The summed E-state index contributed by atoms with van der Waals surface area (Å²) in [7, 11) is 0. The molecule has 20 heavy (non-hydrogen) atoms. The highest BCUT2D eigenvalue weighted by Crippen LogP contribution is 2.40. The van der Waals surface area contributed by atoms with Crippen LogP contribution in [0.15, 0.2) is 6.33 Å². The zero-order valence-corrected chi connectivity index (χ0v) is 11.6. The SMILES string of the molecule is CC1(C(=O)N2Cc3[nH]cnc3CC2C(=O)O)CCCC1. The Labute approximate surface area is 117 Å². The van der Waals surface area contributed by atoms with E-state index in [2.05, 4.69) is 9.97 Å². The van der Waals surface area contributed by atoms with Gasteiger partial charge in [-0.05, 0) is 12.8 Å². The average molecular weight is 277 g/mol. The molecule has 0 bridgehead atoms. The van der Waals surface area contributed by atoms with Crippen LogP contribution >= 0.6 is 0 Å². The maximum atomic E-state index is 12.8. The fourth-order valence-electron chi connectivity index (χ4n) is 3.39. The van der Waals surface area contributed by atoms with Gasteiger partial charge >= 0.3 is 5.97 Å². The number of nitrogens with one attached hydrogen (secondary N) is 1. The van der Waals surface area contributed by atoms with Crippen LogP contribution in [0.5, 0.6) is 0 Å². The highest BCUT2D eigenvalue weighted by Gasteiger charge is 2.44. The fraction of sp³-hybridized carbons (Fsp3) is 0.643. The lowest BCUT2D eigenvalue weighted by Crippen LogP contribution is -2.52. The number of carboxylic acid groups (broad SMARTS) is 1. The van der Waals surface area contributed by atoms with Gasteiger partial charge in [0.1, 0.15) is 6.04 Å². The van der Waals surface area contributed by atoms with Crippen LogP contribution in [0.3, 0.4) is 0 Å². The molecule has 1 aromatic heterocycles. The Balaban J connectivity index is 1.90. The molecule has 3 rings (SSSR count). The fourth-order valence-corrected chi connectivity index (χ4v) is 3.39. The van der Waals surface area contributed by atoms with Crippen LogP contribution < -0.4 is 0 Å². The van der Waals surface area contributed by atoms with Gasteiger partial charge in [0.25, 0.3) is 0 Å². The number of hydrogen-bond donors (Lipinski definition) is 2. The molecule has 1 aliphatic carbocycles. The van der Waals surface area contributed by atoms with Gasteiger partial charge in [0.2, 0.25) is 5.91 Å². The van der Waals surface area contributed by atoms with Crippen LogP contribution in [0.1, 0.15) is 44.0 Å². The Morgan fingerprint density at radius 1 is 1.45 bits per heavy atom. The molecule has 108 valence electrons. The molecule has 1 unspecified atom stereocenters. The van der Waals surface area contributed by atoms with E-state index in [1.165, 1.54) is 4.90 Å². The zero-order valence-electron chi connectivity index (χ0n) is 11.6. The van der Waals surface area contributed by atoms with Crippen molar-refractivity contribution in [1.29, 1.82) is 0 Å². The van der Waals surface area contributed by atoms with Crippen LogP contribution in [-0.2, 0) is 22.6 Å². The average Bonchev–Trinajstić information content (AvgIpc) is 3.05. The van der Waals surface area contributed by atoms with Gasteiger partial charge in [0.15, 0.2) is 0 Å². The largest absolute Gasteiger partial charge is 0.480 e. The minimum Gasteiger partial charge on any atom is -0.480 e. The second-order valence-corrected chi connectivity index (χ2v) is 6.09. The number of H-pyrrole nitrogens is 1. The standard InChI is InChI=1S/C14H19N3O3/c1-14(4-2-3-5-14)13(20)17-7-10-9(15-8-16-10)6-11(17)12(18)19/h8,11H,2-7H2,1H3,(H,15,16)(H,18,19). The van der Waals surface area contributed by atoms with Gasteiger partial charge in [-0.25, -0.2) is 9.78 Å². The quantitative estimate of drug-likeness (QED) is 0.853. The van der Waals surface area contributed by atoms with Gasteiger partial charge in [-0.2, -0.15) is 0 Å². The summed E-state index contributed by atoms with van der Waals surface area (Å²) in [5.74, 6) is -0.976. The maximum Gasteiger partial charge on any atom is 0.326 e. The monoisotopic (exact) mass is 277 g/mol. The molecule has 1 fully saturated rings. The van der Waals surface area contributed by atoms with E-state index < -0.39 is 17.4 Å². The summed E-state index contributed by atoms with van der Waals surface area (Å²) in [5.41, 5.74) is 1.22. The van der Waals surface area contributed by atoms with Crippen LogP contribution in [0, 0.1) is 5.41 Å². The van der Waals surface area contributed by atoms with Gasteiger partial charge in [0.05, 0.1) is 24.3 Å². The predicted octanol–water partition coefficient (Wildman–Crippen LogP) is 1.33. The summed E-state index contributed by atoms with van der Waals surface area (Å²) >= 11 is 0. The number of aromatic amines is 1. The Morgan fingerprint density at radius 3 is 2.80 bits per heavy atom. The third kappa shape index (κ3) is 1.99. The molecular weight excluding hydrogens is 258 g/mol. The number of nitrogens with zero attached hydrogens (tertiary/aromatic N) is 2. The summed E-state index contributed by atoms with van der Waals surface area (Å²) < 4.78 is 0. The normalized spacial score (nSPS) is 24.4. The third-order valence-electron chi connectivity index (χ3n) is 4.67. The Morgan fingerprint density at radius 2 is 2.15 bits per heavy atom. The maximum absolute atomic E-state index is 12.8. The lowest BCUT2D eigenvalue weighted by Gasteiger charge is -2.37. The number of amides is 1. The topological polar surface area (TPSA) is 86.3 Å². The molecule has 0 saturated heterocycles. The smallest absolute Gasteiger partial charge is 0.326 e. The summed E-state index contributed by atoms with van der Waals surface area (Å²) in [6.45, 7) is 2.28. The van der Waals surface area contributed by atoms with Crippen molar-refractivity contribution in [1.82, 2.24) is 14.9 Å². The molecule has 1 atom stereocenters. The number of aliphatic carboxylic acids is 1. The third-order valence-corrected chi connectivity index (χ3v) is 4.67. The number of rotatable bonds is 2. The molecule has 2 N–H and O–H groups in total. The van der Waals surface area contributed by atoms with Crippen molar-refractivity contribution < 1.29 is 14.7 Å². The first-order chi connectivity index (χ1) is 9.51. The molecule has 2 heterocycles.